The molecule has 1 aromatic heterocycles. The van der Waals surface area contributed by atoms with Crippen LogP contribution in [0.1, 0.15) is 6.42 Å². The normalized spacial score (nSPS) is 21.5. The van der Waals surface area contributed by atoms with Gasteiger partial charge in [0, 0.05) is 44.8 Å². The molecule has 0 bridgehead atoms. The maximum absolute atomic E-state index is 12.6. The van der Waals surface area contributed by atoms with Crippen LogP contribution in [0, 0.1) is 5.92 Å². The van der Waals surface area contributed by atoms with Gasteiger partial charge in [-0.25, -0.2) is 4.98 Å². The van der Waals surface area contributed by atoms with Gasteiger partial charge in [-0.2, -0.15) is 0 Å². The van der Waals surface area contributed by atoms with E-state index in [0.29, 0.717) is 13.1 Å². The van der Waals surface area contributed by atoms with E-state index in [1.165, 1.54) is 0 Å². The van der Waals surface area contributed by atoms with Gasteiger partial charge in [0.25, 0.3) is 0 Å². The number of ether oxygens (including phenoxy) is 1. The minimum absolute atomic E-state index is 0.0660. The fourth-order valence-electron chi connectivity index (χ4n) is 3.43. The van der Waals surface area contributed by atoms with Gasteiger partial charge < -0.3 is 15.0 Å². The van der Waals surface area contributed by atoms with Crippen LogP contribution in [0.15, 0.2) is 23.7 Å². The lowest BCUT2D eigenvalue weighted by atomic mass is 10.1. The molecule has 3 heterocycles. The molecule has 7 nitrogen and oxygen atoms in total. The molecule has 138 valence electrons. The molecular formula is C18H22N4O3S. The van der Waals surface area contributed by atoms with Gasteiger partial charge in [-0.15, -0.1) is 11.3 Å². The SMILES string of the molecule is O=C(Nc1ccc2ncsc2c1)[C@@H]1CC(=O)N(CCN2CCOCC2)C1. The third-order valence-electron chi connectivity index (χ3n) is 4.97. The maximum atomic E-state index is 12.6. The van der Waals surface area contributed by atoms with E-state index in [1.54, 1.807) is 16.8 Å². The number of benzene rings is 1. The molecule has 2 amide bonds. The van der Waals surface area contributed by atoms with Crippen LogP contribution in [0.3, 0.4) is 0 Å². The van der Waals surface area contributed by atoms with E-state index in [4.69, 9.17) is 4.74 Å². The number of fused-ring (bicyclic) bond motifs is 1. The highest BCUT2D eigenvalue weighted by Gasteiger charge is 2.34. The lowest BCUT2D eigenvalue weighted by Gasteiger charge is -2.28. The molecule has 1 aromatic carbocycles. The van der Waals surface area contributed by atoms with Crippen LogP contribution < -0.4 is 5.32 Å². The molecule has 0 aliphatic carbocycles. The average Bonchev–Trinajstić information content (AvgIpc) is 3.27. The Morgan fingerprint density at radius 3 is 3.00 bits per heavy atom. The molecule has 0 radical (unpaired) electrons. The first-order valence-corrected chi connectivity index (χ1v) is 9.79. The number of morpholine rings is 1. The highest BCUT2D eigenvalue weighted by Crippen LogP contribution is 2.24. The number of nitrogens with one attached hydrogen (secondary N) is 1. The number of likely N-dealkylation sites (tertiary alicyclic amines) is 1. The molecule has 26 heavy (non-hydrogen) atoms. The maximum Gasteiger partial charge on any atom is 0.229 e. The van der Waals surface area contributed by atoms with Crippen molar-refractivity contribution >= 4 is 39.1 Å². The Kier molecular flexibility index (Phi) is 5.14. The standard InChI is InChI=1S/C18H22N4O3S/c23-17-9-13(11-22(17)4-3-21-5-7-25-8-6-21)18(24)20-14-1-2-15-16(10-14)26-12-19-15/h1-2,10,12-13H,3-9,11H2,(H,20,24)/t13-/m1/s1. The number of hydrogen-bond acceptors (Lipinski definition) is 6. The molecule has 4 rings (SSSR count). The number of carbonyl (C=O) groups excluding carboxylic acids is 2. The lowest BCUT2D eigenvalue weighted by molar-refractivity contribution is -0.128. The molecule has 0 saturated carbocycles. The summed E-state index contributed by atoms with van der Waals surface area (Å²) in [6, 6.07) is 5.68. The first-order chi connectivity index (χ1) is 12.7. The van der Waals surface area contributed by atoms with Gasteiger partial charge in [0.05, 0.1) is 34.9 Å². The number of aromatic nitrogens is 1. The van der Waals surface area contributed by atoms with Gasteiger partial charge in [0.2, 0.25) is 11.8 Å². The zero-order valence-corrected chi connectivity index (χ0v) is 15.3. The van der Waals surface area contributed by atoms with E-state index >= 15 is 0 Å². The molecule has 1 atom stereocenters. The predicted octanol–water partition coefficient (Wildman–Crippen LogP) is 1.42. The zero-order chi connectivity index (χ0) is 17.9. The second kappa shape index (κ2) is 7.69. The molecular weight excluding hydrogens is 352 g/mol. The average molecular weight is 374 g/mol. The summed E-state index contributed by atoms with van der Waals surface area (Å²) in [5, 5.41) is 2.95. The van der Waals surface area contributed by atoms with Crippen LogP contribution in [0.4, 0.5) is 5.69 Å². The summed E-state index contributed by atoms with van der Waals surface area (Å²) in [6.07, 6.45) is 0.289. The number of thiazole rings is 1. The van der Waals surface area contributed by atoms with Crippen molar-refractivity contribution in [2.24, 2.45) is 5.92 Å². The van der Waals surface area contributed by atoms with Crippen LogP contribution in [0.25, 0.3) is 10.2 Å². The molecule has 0 spiro atoms. The van der Waals surface area contributed by atoms with Crippen LogP contribution >= 0.6 is 11.3 Å². The third kappa shape index (κ3) is 3.87. The van der Waals surface area contributed by atoms with Crippen molar-refractivity contribution < 1.29 is 14.3 Å². The monoisotopic (exact) mass is 374 g/mol. The summed E-state index contributed by atoms with van der Waals surface area (Å²) in [5.74, 6) is -0.309. The Labute approximate surface area is 155 Å². The second-order valence-electron chi connectivity index (χ2n) is 6.72. The Morgan fingerprint density at radius 2 is 2.15 bits per heavy atom. The summed E-state index contributed by atoms with van der Waals surface area (Å²) in [4.78, 5) is 33.2. The molecule has 1 N–H and O–H groups in total. The minimum Gasteiger partial charge on any atom is -0.379 e. The molecule has 8 heteroatoms. The minimum atomic E-state index is -0.288. The van der Waals surface area contributed by atoms with Gasteiger partial charge in [0.1, 0.15) is 0 Å². The predicted molar refractivity (Wildman–Crippen MR) is 100 cm³/mol. The molecule has 0 unspecified atom stereocenters. The number of rotatable bonds is 5. The Balaban J connectivity index is 1.31. The second-order valence-corrected chi connectivity index (χ2v) is 7.61. The molecule has 2 fully saturated rings. The molecule has 2 aromatic rings. The van der Waals surface area contributed by atoms with Crippen molar-refractivity contribution in [2.75, 3.05) is 51.3 Å². The smallest absolute Gasteiger partial charge is 0.229 e. The fraction of sp³-hybridized carbons (Fsp3) is 0.500. The summed E-state index contributed by atoms with van der Waals surface area (Å²) in [7, 11) is 0. The molecule has 2 aliphatic heterocycles. The number of carbonyl (C=O) groups is 2. The van der Waals surface area contributed by atoms with Crippen LogP contribution in [0.2, 0.25) is 0 Å². The summed E-state index contributed by atoms with van der Waals surface area (Å²) in [5.41, 5.74) is 3.47. The van der Waals surface area contributed by atoms with Gasteiger partial charge in [0.15, 0.2) is 0 Å². The highest BCUT2D eigenvalue weighted by atomic mass is 32.1. The molecule has 2 saturated heterocycles. The van der Waals surface area contributed by atoms with E-state index < -0.39 is 0 Å². The number of amides is 2. The largest absolute Gasteiger partial charge is 0.379 e. The molecule has 2 aliphatic rings. The first-order valence-electron chi connectivity index (χ1n) is 8.91. The van der Waals surface area contributed by atoms with E-state index in [1.807, 2.05) is 23.1 Å². The number of nitrogens with zero attached hydrogens (tertiary/aromatic N) is 3. The third-order valence-corrected chi connectivity index (χ3v) is 5.77. The topological polar surface area (TPSA) is 74.8 Å². The van der Waals surface area contributed by atoms with Crippen LogP contribution in [0.5, 0.6) is 0 Å². The Morgan fingerprint density at radius 1 is 1.31 bits per heavy atom. The van der Waals surface area contributed by atoms with Crippen molar-refractivity contribution in [3.63, 3.8) is 0 Å². The van der Waals surface area contributed by atoms with Crippen molar-refractivity contribution in [3.8, 4) is 0 Å². The van der Waals surface area contributed by atoms with Crippen molar-refractivity contribution in [1.82, 2.24) is 14.8 Å². The van der Waals surface area contributed by atoms with Crippen molar-refractivity contribution in [2.45, 2.75) is 6.42 Å². The van der Waals surface area contributed by atoms with E-state index in [9.17, 15) is 9.59 Å². The van der Waals surface area contributed by atoms with Gasteiger partial charge in [-0.05, 0) is 18.2 Å². The zero-order valence-electron chi connectivity index (χ0n) is 14.5. The fourth-order valence-corrected chi connectivity index (χ4v) is 4.14. The summed E-state index contributed by atoms with van der Waals surface area (Å²) in [6.45, 7) is 5.34. The Bertz CT molecular complexity index is 803. The number of hydrogen-bond donors (Lipinski definition) is 1. The van der Waals surface area contributed by atoms with Crippen LogP contribution in [-0.4, -0.2) is 72.5 Å². The van der Waals surface area contributed by atoms with Crippen molar-refractivity contribution in [3.05, 3.63) is 23.7 Å². The lowest BCUT2D eigenvalue weighted by Crippen LogP contribution is -2.42. The van der Waals surface area contributed by atoms with E-state index in [0.717, 1.165) is 48.8 Å². The van der Waals surface area contributed by atoms with E-state index in [-0.39, 0.29) is 24.2 Å². The van der Waals surface area contributed by atoms with Crippen molar-refractivity contribution in [1.29, 1.82) is 0 Å². The Hall–Kier alpha value is -2.03. The van der Waals surface area contributed by atoms with E-state index in [2.05, 4.69) is 15.2 Å². The highest BCUT2D eigenvalue weighted by molar-refractivity contribution is 7.16. The summed E-state index contributed by atoms with van der Waals surface area (Å²) >= 11 is 1.54. The van der Waals surface area contributed by atoms with Gasteiger partial charge in [-0.1, -0.05) is 0 Å². The quantitative estimate of drug-likeness (QED) is 0.857. The first kappa shape index (κ1) is 17.4. The van der Waals surface area contributed by atoms with Crippen LogP contribution in [-0.2, 0) is 14.3 Å². The number of anilines is 1. The van der Waals surface area contributed by atoms with Gasteiger partial charge >= 0.3 is 0 Å². The van der Waals surface area contributed by atoms with Gasteiger partial charge in [-0.3, -0.25) is 14.5 Å². The summed E-state index contributed by atoms with van der Waals surface area (Å²) < 4.78 is 6.38.